The van der Waals surface area contributed by atoms with Crippen LogP contribution < -0.4 is 19.5 Å². The topological polar surface area (TPSA) is 86.3 Å². The predicted octanol–water partition coefficient (Wildman–Crippen LogP) is 2.84. The molecule has 28 heavy (non-hydrogen) atoms. The van der Waals surface area contributed by atoms with Crippen LogP contribution in [0.25, 0.3) is 0 Å². The van der Waals surface area contributed by atoms with Crippen molar-refractivity contribution in [2.24, 2.45) is 0 Å². The second-order valence-corrected chi connectivity index (χ2v) is 7.63. The molecule has 0 unspecified atom stereocenters. The van der Waals surface area contributed by atoms with E-state index in [4.69, 9.17) is 18.9 Å². The Balaban J connectivity index is 1.98. The Bertz CT molecular complexity index is 680. The maximum atomic E-state index is 12.7. The normalized spacial score (nSPS) is 15.0. The van der Waals surface area contributed by atoms with Crippen LogP contribution in [0.4, 0.5) is 4.79 Å². The third kappa shape index (κ3) is 5.43. The number of benzene rings is 1. The van der Waals surface area contributed by atoms with Crippen LogP contribution in [0.15, 0.2) is 12.1 Å². The molecule has 8 heteroatoms. The molecule has 0 spiro atoms. The lowest BCUT2D eigenvalue weighted by atomic mass is 10.0. The van der Waals surface area contributed by atoms with E-state index in [0.717, 1.165) is 0 Å². The summed E-state index contributed by atoms with van der Waals surface area (Å²) in [6.07, 6.45) is 1.01. The number of ether oxygens (including phenoxy) is 4. The molecule has 1 aromatic carbocycles. The molecule has 2 amide bonds. The summed E-state index contributed by atoms with van der Waals surface area (Å²) < 4.78 is 21.3. The van der Waals surface area contributed by atoms with Gasteiger partial charge in [0.25, 0.3) is 5.91 Å². The van der Waals surface area contributed by atoms with Crippen LogP contribution >= 0.6 is 0 Å². The first-order chi connectivity index (χ1) is 13.2. The van der Waals surface area contributed by atoms with Crippen molar-refractivity contribution in [3.63, 3.8) is 0 Å². The predicted molar refractivity (Wildman–Crippen MR) is 104 cm³/mol. The second-order valence-electron chi connectivity index (χ2n) is 7.63. The first-order valence-electron chi connectivity index (χ1n) is 9.27. The average molecular weight is 394 g/mol. The van der Waals surface area contributed by atoms with Gasteiger partial charge < -0.3 is 29.2 Å². The van der Waals surface area contributed by atoms with Crippen molar-refractivity contribution in [2.75, 3.05) is 34.4 Å². The first kappa shape index (κ1) is 21.7. The molecule has 0 saturated carbocycles. The Labute approximate surface area is 166 Å². The quantitative estimate of drug-likeness (QED) is 0.826. The number of hydrogen-bond acceptors (Lipinski definition) is 6. The maximum absolute atomic E-state index is 12.7. The van der Waals surface area contributed by atoms with Crippen LogP contribution in [0.2, 0.25) is 0 Å². The Morgan fingerprint density at radius 1 is 1.00 bits per heavy atom. The van der Waals surface area contributed by atoms with Crippen LogP contribution in [-0.2, 0) is 4.74 Å². The molecule has 2 rings (SSSR count). The standard InChI is InChI=1S/C20H30N2O6/c1-20(2,3)28-19(24)22-9-7-14(8-10-22)21-18(23)13-11-15(25-4)17(27-6)16(12-13)26-5/h11-12,14H,7-10H2,1-6H3,(H,21,23). The molecular formula is C20H30N2O6. The Morgan fingerprint density at radius 3 is 1.96 bits per heavy atom. The highest BCUT2D eigenvalue weighted by Gasteiger charge is 2.28. The Hall–Kier alpha value is -2.64. The van der Waals surface area contributed by atoms with Gasteiger partial charge in [-0.1, -0.05) is 0 Å². The van der Waals surface area contributed by atoms with Gasteiger partial charge >= 0.3 is 6.09 Å². The summed E-state index contributed by atoms with van der Waals surface area (Å²) in [5, 5.41) is 3.01. The number of nitrogens with one attached hydrogen (secondary N) is 1. The number of amides is 2. The molecule has 1 heterocycles. The van der Waals surface area contributed by atoms with E-state index < -0.39 is 5.60 Å². The van der Waals surface area contributed by atoms with Crippen LogP contribution in [-0.4, -0.2) is 63.0 Å². The summed E-state index contributed by atoms with van der Waals surface area (Å²) in [7, 11) is 4.52. The summed E-state index contributed by atoms with van der Waals surface area (Å²) >= 11 is 0. The molecule has 1 aromatic rings. The monoisotopic (exact) mass is 394 g/mol. The fourth-order valence-electron chi connectivity index (χ4n) is 3.01. The van der Waals surface area contributed by atoms with Gasteiger partial charge in [0.2, 0.25) is 5.75 Å². The molecule has 1 fully saturated rings. The lowest BCUT2D eigenvalue weighted by molar-refractivity contribution is 0.0199. The van der Waals surface area contributed by atoms with Gasteiger partial charge in [0.15, 0.2) is 11.5 Å². The number of rotatable bonds is 5. The number of hydrogen-bond donors (Lipinski definition) is 1. The Morgan fingerprint density at radius 2 is 1.54 bits per heavy atom. The van der Waals surface area contributed by atoms with Crippen molar-refractivity contribution in [1.82, 2.24) is 10.2 Å². The summed E-state index contributed by atoms with van der Waals surface area (Å²) in [6, 6.07) is 3.21. The number of carbonyl (C=O) groups is 2. The molecule has 1 N–H and O–H groups in total. The van der Waals surface area contributed by atoms with Gasteiger partial charge in [-0.15, -0.1) is 0 Å². The molecule has 1 aliphatic rings. The van der Waals surface area contributed by atoms with E-state index >= 15 is 0 Å². The van der Waals surface area contributed by atoms with Crippen LogP contribution in [0, 0.1) is 0 Å². The molecule has 0 aromatic heterocycles. The fraction of sp³-hybridized carbons (Fsp3) is 0.600. The van der Waals surface area contributed by atoms with E-state index in [2.05, 4.69) is 5.32 Å². The van der Waals surface area contributed by atoms with Crippen LogP contribution in [0.5, 0.6) is 17.2 Å². The van der Waals surface area contributed by atoms with E-state index in [0.29, 0.717) is 48.7 Å². The van der Waals surface area contributed by atoms with Crippen LogP contribution in [0.3, 0.4) is 0 Å². The van der Waals surface area contributed by atoms with Crippen LogP contribution in [0.1, 0.15) is 44.0 Å². The van der Waals surface area contributed by atoms with Crippen molar-refractivity contribution in [1.29, 1.82) is 0 Å². The lowest BCUT2D eigenvalue weighted by Gasteiger charge is -2.33. The van der Waals surface area contributed by atoms with E-state index in [1.165, 1.54) is 21.3 Å². The summed E-state index contributed by atoms with van der Waals surface area (Å²) in [4.78, 5) is 26.5. The number of piperidine rings is 1. The van der Waals surface area contributed by atoms with Crippen molar-refractivity contribution < 1.29 is 28.5 Å². The SMILES string of the molecule is COc1cc(C(=O)NC2CCN(C(=O)OC(C)(C)C)CC2)cc(OC)c1OC. The lowest BCUT2D eigenvalue weighted by Crippen LogP contribution is -2.47. The number of methoxy groups -OCH3 is 3. The minimum atomic E-state index is -0.519. The van der Waals surface area contributed by atoms with Gasteiger partial charge in [0.1, 0.15) is 5.60 Å². The summed E-state index contributed by atoms with van der Waals surface area (Å²) in [6.45, 7) is 6.60. The Kier molecular flexibility index (Phi) is 6.99. The third-order valence-corrected chi connectivity index (χ3v) is 4.41. The zero-order valence-corrected chi connectivity index (χ0v) is 17.5. The number of nitrogens with zero attached hydrogens (tertiary/aromatic N) is 1. The highest BCUT2D eigenvalue weighted by Crippen LogP contribution is 2.38. The molecule has 1 saturated heterocycles. The molecule has 0 atom stereocenters. The molecule has 0 bridgehead atoms. The number of carbonyl (C=O) groups excluding carboxylic acids is 2. The summed E-state index contributed by atoms with van der Waals surface area (Å²) in [5.74, 6) is 1.06. The van der Waals surface area contributed by atoms with Gasteiger partial charge in [0, 0.05) is 24.7 Å². The molecule has 1 aliphatic heterocycles. The molecular weight excluding hydrogens is 364 g/mol. The van der Waals surface area contributed by atoms with Crippen molar-refractivity contribution in [3.05, 3.63) is 17.7 Å². The largest absolute Gasteiger partial charge is 0.493 e. The highest BCUT2D eigenvalue weighted by atomic mass is 16.6. The average Bonchev–Trinajstić information content (AvgIpc) is 2.65. The molecule has 0 radical (unpaired) electrons. The van der Waals surface area contributed by atoms with Gasteiger partial charge in [-0.2, -0.15) is 0 Å². The molecule has 0 aliphatic carbocycles. The maximum Gasteiger partial charge on any atom is 0.410 e. The smallest absolute Gasteiger partial charge is 0.410 e. The van der Waals surface area contributed by atoms with E-state index in [1.807, 2.05) is 20.8 Å². The third-order valence-electron chi connectivity index (χ3n) is 4.41. The summed E-state index contributed by atoms with van der Waals surface area (Å²) in [5.41, 5.74) is -0.0988. The van der Waals surface area contributed by atoms with E-state index in [9.17, 15) is 9.59 Å². The van der Waals surface area contributed by atoms with Gasteiger partial charge in [0.05, 0.1) is 21.3 Å². The zero-order valence-electron chi connectivity index (χ0n) is 17.5. The van der Waals surface area contributed by atoms with E-state index in [-0.39, 0.29) is 18.0 Å². The first-order valence-corrected chi connectivity index (χ1v) is 9.27. The minimum Gasteiger partial charge on any atom is -0.493 e. The molecule has 8 nitrogen and oxygen atoms in total. The minimum absolute atomic E-state index is 0.0229. The highest BCUT2D eigenvalue weighted by molar-refractivity contribution is 5.95. The van der Waals surface area contributed by atoms with Crippen molar-refractivity contribution >= 4 is 12.0 Å². The van der Waals surface area contributed by atoms with Gasteiger partial charge in [-0.25, -0.2) is 4.79 Å². The van der Waals surface area contributed by atoms with E-state index in [1.54, 1.807) is 17.0 Å². The van der Waals surface area contributed by atoms with Gasteiger partial charge in [-0.3, -0.25) is 4.79 Å². The van der Waals surface area contributed by atoms with Crippen molar-refractivity contribution in [3.8, 4) is 17.2 Å². The number of likely N-dealkylation sites (tertiary alicyclic amines) is 1. The second kappa shape index (κ2) is 9.03. The molecule has 156 valence electrons. The van der Waals surface area contributed by atoms with Gasteiger partial charge in [-0.05, 0) is 45.7 Å². The zero-order chi connectivity index (χ0) is 20.9. The van der Waals surface area contributed by atoms with Crippen molar-refractivity contribution in [2.45, 2.75) is 45.3 Å². The fourth-order valence-corrected chi connectivity index (χ4v) is 3.01.